The molecular weight excluding hydrogens is 440 g/mol. The summed E-state index contributed by atoms with van der Waals surface area (Å²) in [5.74, 6) is -1.41. The molecule has 0 radical (unpaired) electrons. The average Bonchev–Trinajstić information content (AvgIpc) is 2.60. The maximum Gasteiger partial charge on any atom is 0.256 e. The molecule has 0 aliphatic carbocycles. The zero-order chi connectivity index (χ0) is 19.7. The number of amides is 1. The van der Waals surface area contributed by atoms with Crippen molar-refractivity contribution in [1.82, 2.24) is 4.98 Å². The van der Waals surface area contributed by atoms with Gasteiger partial charge in [0, 0.05) is 15.6 Å². The summed E-state index contributed by atoms with van der Waals surface area (Å²) in [5, 5.41) is 2.81. The van der Waals surface area contributed by atoms with Crippen molar-refractivity contribution in [3.05, 3.63) is 74.9 Å². The molecule has 4 nitrogen and oxygen atoms in total. The van der Waals surface area contributed by atoms with Gasteiger partial charge in [-0.2, -0.15) is 0 Å². The van der Waals surface area contributed by atoms with Gasteiger partial charge in [-0.3, -0.25) is 4.79 Å². The summed E-state index contributed by atoms with van der Waals surface area (Å²) in [5.41, 5.74) is 7.32. The molecule has 0 unspecified atom stereocenters. The summed E-state index contributed by atoms with van der Waals surface area (Å²) in [6.07, 6.45) is 1.36. The molecule has 0 fully saturated rings. The van der Waals surface area contributed by atoms with Crippen LogP contribution in [0.2, 0.25) is 5.02 Å². The fourth-order valence-electron chi connectivity index (χ4n) is 2.56. The summed E-state index contributed by atoms with van der Waals surface area (Å²) in [4.78, 5) is 16.4. The minimum absolute atomic E-state index is 0.145. The fraction of sp³-hybridized carbons (Fsp3) is 0.0526. The number of carbonyl (C=O) groups is 1. The molecule has 0 aliphatic rings. The van der Waals surface area contributed by atoms with Crippen molar-refractivity contribution >= 4 is 44.9 Å². The topological polar surface area (TPSA) is 68.0 Å². The normalized spacial score (nSPS) is 10.7. The first-order valence-corrected chi connectivity index (χ1v) is 8.91. The van der Waals surface area contributed by atoms with Crippen molar-refractivity contribution in [2.24, 2.45) is 0 Å². The molecule has 2 aromatic carbocycles. The Morgan fingerprint density at radius 3 is 2.59 bits per heavy atom. The van der Waals surface area contributed by atoms with Gasteiger partial charge in [-0.05, 0) is 48.4 Å². The van der Waals surface area contributed by atoms with Crippen molar-refractivity contribution in [1.29, 1.82) is 0 Å². The maximum absolute atomic E-state index is 14.7. The van der Waals surface area contributed by atoms with Gasteiger partial charge >= 0.3 is 0 Å². The molecule has 3 aromatic rings. The summed E-state index contributed by atoms with van der Waals surface area (Å²) in [7, 11) is 0. The molecule has 1 amide bonds. The first-order chi connectivity index (χ1) is 12.8. The average molecular weight is 453 g/mol. The predicted molar refractivity (Wildman–Crippen MR) is 106 cm³/mol. The second-order valence-electron chi connectivity index (χ2n) is 5.82. The minimum Gasteiger partial charge on any atom is -0.382 e. The monoisotopic (exact) mass is 451 g/mol. The Labute approximate surface area is 167 Å². The Balaban J connectivity index is 1.94. The van der Waals surface area contributed by atoms with E-state index in [4.69, 9.17) is 17.3 Å². The third-order valence-corrected chi connectivity index (χ3v) is 4.87. The van der Waals surface area contributed by atoms with Gasteiger partial charge in [0.2, 0.25) is 0 Å². The lowest BCUT2D eigenvalue weighted by Crippen LogP contribution is -2.14. The summed E-state index contributed by atoms with van der Waals surface area (Å²) in [6.45, 7) is 1.68. The third kappa shape index (κ3) is 4.09. The number of nitrogen functional groups attached to an aromatic ring is 1. The van der Waals surface area contributed by atoms with Crippen LogP contribution in [0.25, 0.3) is 11.1 Å². The fourth-order valence-corrected chi connectivity index (χ4v) is 3.29. The molecule has 138 valence electrons. The molecule has 0 bridgehead atoms. The second kappa shape index (κ2) is 7.62. The van der Waals surface area contributed by atoms with E-state index in [2.05, 4.69) is 26.2 Å². The van der Waals surface area contributed by atoms with Crippen molar-refractivity contribution in [3.63, 3.8) is 0 Å². The SMILES string of the molecule is Cc1cc(-c2ccc(F)cc2Br)c(F)cc1C(=O)Nc1cnc(N)c(Cl)c1. The maximum atomic E-state index is 14.7. The molecule has 3 N–H and O–H groups in total. The van der Waals surface area contributed by atoms with Crippen molar-refractivity contribution in [2.75, 3.05) is 11.1 Å². The van der Waals surface area contributed by atoms with E-state index in [0.717, 1.165) is 6.07 Å². The van der Waals surface area contributed by atoms with Crippen LogP contribution in [0.5, 0.6) is 0 Å². The van der Waals surface area contributed by atoms with Gasteiger partial charge in [0.1, 0.15) is 17.5 Å². The van der Waals surface area contributed by atoms with E-state index in [1.165, 1.54) is 36.5 Å². The van der Waals surface area contributed by atoms with Crippen LogP contribution in [0.15, 0.2) is 47.1 Å². The van der Waals surface area contributed by atoms with Crippen LogP contribution < -0.4 is 11.1 Å². The number of rotatable bonds is 3. The number of carbonyl (C=O) groups excluding carboxylic acids is 1. The van der Waals surface area contributed by atoms with Gasteiger partial charge in [-0.25, -0.2) is 13.8 Å². The van der Waals surface area contributed by atoms with Crippen LogP contribution in [0.3, 0.4) is 0 Å². The van der Waals surface area contributed by atoms with Gasteiger partial charge in [0.05, 0.1) is 16.9 Å². The molecule has 1 aromatic heterocycles. The number of anilines is 2. The number of aromatic nitrogens is 1. The van der Waals surface area contributed by atoms with E-state index in [9.17, 15) is 13.6 Å². The van der Waals surface area contributed by atoms with Crippen molar-refractivity contribution in [3.8, 4) is 11.1 Å². The first-order valence-electron chi connectivity index (χ1n) is 7.74. The molecule has 0 aliphatic heterocycles. The standard InChI is InChI=1S/C19H13BrClF2N3O/c1-9-4-14(12-3-2-10(22)5-15(12)20)17(23)7-13(9)19(27)26-11-6-16(21)18(24)25-8-11/h2-8H,1H3,(H2,24,25)(H,26,27). The number of halogens is 4. The van der Waals surface area contributed by atoms with E-state index in [-0.39, 0.29) is 22.0 Å². The highest BCUT2D eigenvalue weighted by molar-refractivity contribution is 9.10. The number of hydrogen-bond acceptors (Lipinski definition) is 3. The number of nitrogens with two attached hydrogens (primary N) is 1. The Hall–Kier alpha value is -2.51. The molecule has 0 atom stereocenters. The molecule has 1 heterocycles. The number of pyridine rings is 1. The van der Waals surface area contributed by atoms with E-state index >= 15 is 0 Å². The number of nitrogens with zero attached hydrogens (tertiary/aromatic N) is 1. The van der Waals surface area contributed by atoms with Gasteiger partial charge in [0.15, 0.2) is 0 Å². The number of hydrogen-bond donors (Lipinski definition) is 2. The molecule has 8 heteroatoms. The summed E-state index contributed by atoms with van der Waals surface area (Å²) in [6, 6.07) is 8.10. The lowest BCUT2D eigenvalue weighted by molar-refractivity contribution is 0.102. The smallest absolute Gasteiger partial charge is 0.256 e. The van der Waals surface area contributed by atoms with Gasteiger partial charge in [-0.15, -0.1) is 0 Å². The molecule has 27 heavy (non-hydrogen) atoms. The first kappa shape index (κ1) is 19.3. The van der Waals surface area contributed by atoms with Crippen LogP contribution in [0.1, 0.15) is 15.9 Å². The van der Waals surface area contributed by atoms with E-state index in [1.54, 1.807) is 6.92 Å². The van der Waals surface area contributed by atoms with Crippen molar-refractivity contribution in [2.45, 2.75) is 6.92 Å². The minimum atomic E-state index is -0.605. The Bertz CT molecular complexity index is 1060. The van der Waals surface area contributed by atoms with Crippen LogP contribution in [-0.2, 0) is 0 Å². The Kier molecular flexibility index (Phi) is 5.43. The lowest BCUT2D eigenvalue weighted by atomic mass is 9.98. The van der Waals surface area contributed by atoms with Crippen LogP contribution in [0.4, 0.5) is 20.3 Å². The predicted octanol–water partition coefficient (Wildman–Crippen LogP) is 5.59. The van der Waals surface area contributed by atoms with Gasteiger partial charge in [-0.1, -0.05) is 33.6 Å². The Morgan fingerprint density at radius 1 is 1.19 bits per heavy atom. The molecule has 3 rings (SSSR count). The highest BCUT2D eigenvalue weighted by Gasteiger charge is 2.17. The molecule has 0 saturated heterocycles. The van der Waals surface area contributed by atoms with Gasteiger partial charge in [0.25, 0.3) is 5.91 Å². The largest absolute Gasteiger partial charge is 0.382 e. The molecule has 0 saturated carbocycles. The highest BCUT2D eigenvalue weighted by atomic mass is 79.9. The Morgan fingerprint density at radius 2 is 1.93 bits per heavy atom. The zero-order valence-corrected chi connectivity index (χ0v) is 16.3. The van der Waals surface area contributed by atoms with E-state index in [1.807, 2.05) is 0 Å². The molecular formula is C19H13BrClF2N3O. The van der Waals surface area contributed by atoms with Crippen LogP contribution in [-0.4, -0.2) is 10.9 Å². The van der Waals surface area contributed by atoms with E-state index < -0.39 is 17.5 Å². The van der Waals surface area contributed by atoms with Crippen LogP contribution in [0, 0.1) is 18.6 Å². The summed E-state index contributed by atoms with van der Waals surface area (Å²) >= 11 is 9.12. The number of benzene rings is 2. The van der Waals surface area contributed by atoms with Crippen molar-refractivity contribution < 1.29 is 13.6 Å². The van der Waals surface area contributed by atoms with Crippen LogP contribution >= 0.6 is 27.5 Å². The third-order valence-electron chi connectivity index (χ3n) is 3.91. The summed E-state index contributed by atoms with van der Waals surface area (Å²) < 4.78 is 28.4. The molecule has 0 spiro atoms. The second-order valence-corrected chi connectivity index (χ2v) is 7.08. The van der Waals surface area contributed by atoms with E-state index in [0.29, 0.717) is 21.3 Å². The zero-order valence-electron chi connectivity index (χ0n) is 14.0. The highest BCUT2D eigenvalue weighted by Crippen LogP contribution is 2.32. The quantitative estimate of drug-likeness (QED) is 0.545. The number of nitrogens with one attached hydrogen (secondary N) is 1. The van der Waals surface area contributed by atoms with Gasteiger partial charge < -0.3 is 11.1 Å². The lowest BCUT2D eigenvalue weighted by Gasteiger charge is -2.12. The number of aryl methyl sites for hydroxylation is 1.